The maximum atomic E-state index is 11.8. The number of nitrogens with zero attached hydrogens (tertiary/aromatic N) is 5. The molecule has 2 heterocycles. The molecule has 0 radical (unpaired) electrons. The molecule has 0 aliphatic carbocycles. The van der Waals surface area contributed by atoms with Crippen LogP contribution >= 0.6 is 12.2 Å². The van der Waals surface area contributed by atoms with Crippen LogP contribution in [-0.4, -0.2) is 53.3 Å². The first-order chi connectivity index (χ1) is 12.7. The molecule has 0 spiro atoms. The van der Waals surface area contributed by atoms with Crippen molar-refractivity contribution in [2.75, 3.05) is 37.7 Å². The quantitative estimate of drug-likeness (QED) is 0.775. The van der Waals surface area contributed by atoms with Crippen LogP contribution in [0, 0.1) is 16.0 Å². The summed E-state index contributed by atoms with van der Waals surface area (Å²) >= 11 is 5.52. The largest absolute Gasteiger partial charge is 0.450 e. The van der Waals surface area contributed by atoms with Crippen molar-refractivity contribution in [1.82, 2.24) is 14.5 Å². The van der Waals surface area contributed by atoms with Crippen molar-refractivity contribution in [1.29, 1.82) is 5.26 Å². The van der Waals surface area contributed by atoms with Crippen molar-refractivity contribution in [3.8, 4) is 11.8 Å². The number of benzene rings is 1. The molecule has 0 saturated carbocycles. The number of hydrogen-bond donors (Lipinski definition) is 0. The van der Waals surface area contributed by atoms with E-state index in [1.54, 1.807) is 22.7 Å². The number of piperazine rings is 1. The average molecular weight is 369 g/mol. The second kappa shape index (κ2) is 7.97. The number of amides is 1. The third-order valence-corrected chi connectivity index (χ3v) is 4.60. The lowest BCUT2D eigenvalue weighted by Crippen LogP contribution is -2.49. The molecule has 1 aromatic carbocycles. The highest BCUT2D eigenvalue weighted by Crippen LogP contribution is 2.21. The summed E-state index contributed by atoms with van der Waals surface area (Å²) in [6, 6.07) is 11.8. The molecule has 1 aromatic heterocycles. The van der Waals surface area contributed by atoms with E-state index in [1.165, 1.54) is 0 Å². The second-order valence-corrected chi connectivity index (χ2v) is 6.13. The van der Waals surface area contributed by atoms with Crippen LogP contribution < -0.4 is 4.90 Å². The van der Waals surface area contributed by atoms with Crippen LogP contribution in [0.5, 0.6) is 0 Å². The SMILES string of the molecule is CCOC(=O)N1CCN(c2ncn(-c3ccccc3)c(=S)c2C#N)CC1. The van der Waals surface area contributed by atoms with E-state index in [0.717, 1.165) is 5.69 Å². The van der Waals surface area contributed by atoms with Gasteiger partial charge in [-0.3, -0.25) is 4.57 Å². The summed E-state index contributed by atoms with van der Waals surface area (Å²) in [7, 11) is 0. The minimum atomic E-state index is -0.306. The average Bonchev–Trinajstić information content (AvgIpc) is 2.68. The van der Waals surface area contributed by atoms with E-state index in [2.05, 4.69) is 11.1 Å². The number of rotatable bonds is 3. The van der Waals surface area contributed by atoms with E-state index in [1.807, 2.05) is 35.2 Å². The maximum Gasteiger partial charge on any atom is 0.409 e. The van der Waals surface area contributed by atoms with Crippen LogP contribution in [-0.2, 0) is 4.74 Å². The molecule has 1 saturated heterocycles. The van der Waals surface area contributed by atoms with Gasteiger partial charge in [-0.1, -0.05) is 30.4 Å². The summed E-state index contributed by atoms with van der Waals surface area (Å²) in [5, 5.41) is 9.63. The van der Waals surface area contributed by atoms with Crippen LogP contribution in [0.4, 0.5) is 10.6 Å². The first-order valence-electron chi connectivity index (χ1n) is 8.39. The van der Waals surface area contributed by atoms with Gasteiger partial charge in [0.15, 0.2) is 5.82 Å². The van der Waals surface area contributed by atoms with Crippen LogP contribution in [0.3, 0.4) is 0 Å². The second-order valence-electron chi connectivity index (χ2n) is 5.74. The number of aromatic nitrogens is 2. The fraction of sp³-hybridized carbons (Fsp3) is 0.333. The Hall–Kier alpha value is -2.92. The number of ether oxygens (including phenoxy) is 1. The lowest BCUT2D eigenvalue weighted by molar-refractivity contribution is 0.105. The zero-order chi connectivity index (χ0) is 18.5. The highest BCUT2D eigenvalue weighted by Gasteiger charge is 2.25. The molecule has 1 amide bonds. The molecule has 0 N–H and O–H groups in total. The molecule has 7 nitrogen and oxygen atoms in total. The van der Waals surface area contributed by atoms with Gasteiger partial charge in [0, 0.05) is 31.9 Å². The zero-order valence-electron chi connectivity index (χ0n) is 14.5. The Morgan fingerprint density at radius 2 is 1.96 bits per heavy atom. The highest BCUT2D eigenvalue weighted by atomic mass is 32.1. The van der Waals surface area contributed by atoms with Crippen LogP contribution in [0.1, 0.15) is 12.5 Å². The van der Waals surface area contributed by atoms with Crippen molar-refractivity contribution >= 4 is 24.1 Å². The van der Waals surface area contributed by atoms with E-state index < -0.39 is 0 Å². The molecule has 0 unspecified atom stereocenters. The Balaban J connectivity index is 1.84. The molecular formula is C18H19N5O2S. The molecule has 2 aromatic rings. The van der Waals surface area contributed by atoms with Gasteiger partial charge in [-0.2, -0.15) is 5.26 Å². The Morgan fingerprint density at radius 3 is 2.58 bits per heavy atom. The Labute approximate surface area is 157 Å². The third-order valence-electron chi connectivity index (χ3n) is 4.20. The molecule has 1 aliphatic heterocycles. The van der Waals surface area contributed by atoms with E-state index in [-0.39, 0.29) is 6.09 Å². The highest BCUT2D eigenvalue weighted by molar-refractivity contribution is 7.71. The van der Waals surface area contributed by atoms with Crippen LogP contribution in [0.2, 0.25) is 0 Å². The van der Waals surface area contributed by atoms with Gasteiger partial charge in [0.2, 0.25) is 0 Å². The monoisotopic (exact) mass is 369 g/mol. The van der Waals surface area contributed by atoms with Crippen molar-refractivity contribution in [3.05, 3.63) is 46.9 Å². The summed E-state index contributed by atoms with van der Waals surface area (Å²) < 4.78 is 7.19. The lowest BCUT2D eigenvalue weighted by Gasteiger charge is -2.35. The summed E-state index contributed by atoms with van der Waals surface area (Å²) in [6.45, 7) is 4.33. The predicted octanol–water partition coefficient (Wildman–Crippen LogP) is 2.75. The molecule has 134 valence electrons. The first-order valence-corrected chi connectivity index (χ1v) is 8.80. The Morgan fingerprint density at radius 1 is 1.27 bits per heavy atom. The number of nitriles is 1. The van der Waals surface area contributed by atoms with Gasteiger partial charge in [0.05, 0.1) is 6.61 Å². The predicted molar refractivity (Wildman–Crippen MR) is 99.9 cm³/mol. The zero-order valence-corrected chi connectivity index (χ0v) is 15.3. The molecule has 3 rings (SSSR count). The minimum absolute atomic E-state index is 0.306. The Kier molecular flexibility index (Phi) is 5.49. The van der Waals surface area contributed by atoms with Crippen molar-refractivity contribution < 1.29 is 9.53 Å². The molecule has 1 aliphatic rings. The van der Waals surface area contributed by atoms with E-state index in [4.69, 9.17) is 17.0 Å². The van der Waals surface area contributed by atoms with Gasteiger partial charge in [0.1, 0.15) is 22.6 Å². The van der Waals surface area contributed by atoms with Gasteiger partial charge >= 0.3 is 6.09 Å². The normalized spacial score (nSPS) is 14.0. The van der Waals surface area contributed by atoms with Crippen molar-refractivity contribution in [2.24, 2.45) is 0 Å². The van der Waals surface area contributed by atoms with Crippen LogP contribution in [0.25, 0.3) is 5.69 Å². The van der Waals surface area contributed by atoms with Gasteiger partial charge in [-0.15, -0.1) is 0 Å². The molecule has 0 bridgehead atoms. The smallest absolute Gasteiger partial charge is 0.409 e. The maximum absolute atomic E-state index is 11.8. The lowest BCUT2D eigenvalue weighted by atomic mass is 10.2. The number of carbonyl (C=O) groups is 1. The number of hydrogen-bond acceptors (Lipinski definition) is 6. The van der Waals surface area contributed by atoms with Crippen molar-refractivity contribution in [3.63, 3.8) is 0 Å². The Bertz CT molecular complexity index is 883. The van der Waals surface area contributed by atoms with Gasteiger partial charge < -0.3 is 14.5 Å². The summed E-state index contributed by atoms with van der Waals surface area (Å²) in [6.07, 6.45) is 1.34. The fourth-order valence-electron chi connectivity index (χ4n) is 2.87. The summed E-state index contributed by atoms with van der Waals surface area (Å²) in [4.78, 5) is 19.9. The topological polar surface area (TPSA) is 74.4 Å². The van der Waals surface area contributed by atoms with Gasteiger partial charge in [-0.05, 0) is 19.1 Å². The fourth-order valence-corrected chi connectivity index (χ4v) is 3.16. The molecule has 26 heavy (non-hydrogen) atoms. The van der Waals surface area contributed by atoms with E-state index in [0.29, 0.717) is 48.8 Å². The van der Waals surface area contributed by atoms with Gasteiger partial charge in [0.25, 0.3) is 0 Å². The summed E-state index contributed by atoms with van der Waals surface area (Å²) in [5.74, 6) is 0.563. The molecule has 0 atom stereocenters. The molecule has 1 fully saturated rings. The summed E-state index contributed by atoms with van der Waals surface area (Å²) in [5.41, 5.74) is 1.23. The minimum Gasteiger partial charge on any atom is -0.450 e. The standard InChI is InChI=1S/C18H19N5O2S/c1-2-25-18(24)22-10-8-21(9-11-22)16-15(12-19)17(26)23(13-20-16)14-6-4-3-5-7-14/h3-7,13H,2,8-11H2,1H3. The van der Waals surface area contributed by atoms with E-state index >= 15 is 0 Å². The van der Waals surface area contributed by atoms with Gasteiger partial charge in [-0.25, -0.2) is 9.78 Å². The number of carbonyl (C=O) groups excluding carboxylic acids is 1. The number of anilines is 1. The third kappa shape index (κ3) is 3.53. The first kappa shape index (κ1) is 17.9. The van der Waals surface area contributed by atoms with Crippen molar-refractivity contribution in [2.45, 2.75) is 6.92 Å². The van der Waals surface area contributed by atoms with Crippen LogP contribution in [0.15, 0.2) is 36.7 Å². The number of para-hydroxylation sites is 1. The molecule has 8 heteroatoms. The molecular weight excluding hydrogens is 350 g/mol. The van der Waals surface area contributed by atoms with E-state index in [9.17, 15) is 10.1 Å².